The van der Waals surface area contributed by atoms with Crippen LogP contribution in [0.25, 0.3) is 0 Å². The molecule has 1 aromatic rings. The SMILES string of the molecule is C[C@@H]1C[C@@H](C)[C@H](C(=O)Nc2ccc(N3CCOCC3)cc2C(N)=O)O1. The number of ether oxygens (including phenoxy) is 2. The Morgan fingerprint density at radius 2 is 1.96 bits per heavy atom. The Morgan fingerprint density at radius 1 is 1.24 bits per heavy atom. The molecule has 25 heavy (non-hydrogen) atoms. The summed E-state index contributed by atoms with van der Waals surface area (Å²) in [6.45, 7) is 6.77. The summed E-state index contributed by atoms with van der Waals surface area (Å²) in [6.07, 6.45) is 0.399. The Kier molecular flexibility index (Phi) is 5.24. The van der Waals surface area contributed by atoms with Crippen LogP contribution in [0.3, 0.4) is 0 Å². The molecular formula is C18H25N3O4. The van der Waals surface area contributed by atoms with E-state index in [1.165, 1.54) is 0 Å². The Hall–Kier alpha value is -2.12. The lowest BCUT2D eigenvalue weighted by Crippen LogP contribution is -2.36. The molecule has 2 heterocycles. The smallest absolute Gasteiger partial charge is 0.253 e. The predicted octanol–water partition coefficient (Wildman–Crippen LogP) is 1.37. The van der Waals surface area contributed by atoms with Gasteiger partial charge in [0.05, 0.1) is 30.6 Å². The van der Waals surface area contributed by atoms with E-state index in [0.29, 0.717) is 24.5 Å². The molecule has 2 amide bonds. The summed E-state index contributed by atoms with van der Waals surface area (Å²) in [4.78, 5) is 26.5. The number of nitrogens with two attached hydrogens (primary N) is 1. The maximum Gasteiger partial charge on any atom is 0.253 e. The molecule has 0 unspecified atom stereocenters. The summed E-state index contributed by atoms with van der Waals surface area (Å²) in [5, 5.41) is 2.81. The Bertz CT molecular complexity index is 658. The summed E-state index contributed by atoms with van der Waals surface area (Å²) >= 11 is 0. The third kappa shape index (κ3) is 3.93. The predicted molar refractivity (Wildman–Crippen MR) is 94.7 cm³/mol. The molecule has 3 N–H and O–H groups in total. The maximum atomic E-state index is 12.5. The molecule has 0 radical (unpaired) electrons. The zero-order valence-electron chi connectivity index (χ0n) is 14.7. The lowest BCUT2D eigenvalue weighted by Gasteiger charge is -2.29. The largest absolute Gasteiger partial charge is 0.378 e. The quantitative estimate of drug-likeness (QED) is 0.858. The number of rotatable bonds is 4. The summed E-state index contributed by atoms with van der Waals surface area (Å²) in [6, 6.07) is 5.34. The van der Waals surface area contributed by atoms with Gasteiger partial charge in [0.15, 0.2) is 0 Å². The van der Waals surface area contributed by atoms with Gasteiger partial charge in [-0.25, -0.2) is 0 Å². The lowest BCUT2D eigenvalue weighted by atomic mass is 10.0. The zero-order chi connectivity index (χ0) is 18.0. The molecule has 2 fully saturated rings. The van der Waals surface area contributed by atoms with Gasteiger partial charge in [0, 0.05) is 18.8 Å². The highest BCUT2D eigenvalue weighted by Crippen LogP contribution is 2.28. The normalized spacial score (nSPS) is 26.5. The fourth-order valence-electron chi connectivity index (χ4n) is 3.47. The third-order valence-corrected chi connectivity index (χ3v) is 4.76. The second-order valence-corrected chi connectivity index (χ2v) is 6.76. The summed E-state index contributed by atoms with van der Waals surface area (Å²) in [7, 11) is 0. The van der Waals surface area contributed by atoms with Crippen LogP contribution in [0.15, 0.2) is 18.2 Å². The van der Waals surface area contributed by atoms with Crippen molar-refractivity contribution < 1.29 is 19.1 Å². The number of primary amides is 1. The monoisotopic (exact) mass is 347 g/mol. The van der Waals surface area contributed by atoms with Crippen LogP contribution >= 0.6 is 0 Å². The number of hydrogen-bond acceptors (Lipinski definition) is 5. The standard InChI is InChI=1S/C18H25N3O4/c1-11-9-12(2)25-16(11)18(23)20-15-4-3-13(10-14(15)17(19)22)21-5-7-24-8-6-21/h3-4,10-12,16H,5-9H2,1-2H3,(H2,19,22)(H,20,23)/t11-,12-,16-/m1/s1. The van der Waals surface area contributed by atoms with E-state index in [9.17, 15) is 9.59 Å². The van der Waals surface area contributed by atoms with Gasteiger partial charge in [-0.15, -0.1) is 0 Å². The van der Waals surface area contributed by atoms with Gasteiger partial charge in [0.2, 0.25) is 0 Å². The first-order valence-corrected chi connectivity index (χ1v) is 8.68. The fraction of sp³-hybridized carbons (Fsp3) is 0.556. The summed E-state index contributed by atoms with van der Waals surface area (Å²) in [5.41, 5.74) is 7.15. The van der Waals surface area contributed by atoms with Gasteiger partial charge < -0.3 is 25.4 Å². The minimum Gasteiger partial charge on any atom is -0.378 e. The van der Waals surface area contributed by atoms with Crippen molar-refractivity contribution in [3.63, 3.8) is 0 Å². The second-order valence-electron chi connectivity index (χ2n) is 6.76. The molecule has 0 bridgehead atoms. The van der Waals surface area contributed by atoms with E-state index in [0.717, 1.165) is 25.2 Å². The Morgan fingerprint density at radius 3 is 2.56 bits per heavy atom. The van der Waals surface area contributed by atoms with E-state index in [2.05, 4.69) is 10.2 Å². The van der Waals surface area contributed by atoms with E-state index < -0.39 is 12.0 Å². The van der Waals surface area contributed by atoms with Crippen molar-refractivity contribution in [2.24, 2.45) is 11.7 Å². The first kappa shape index (κ1) is 17.7. The molecule has 136 valence electrons. The van der Waals surface area contributed by atoms with Crippen LogP contribution in [0.2, 0.25) is 0 Å². The molecule has 0 aliphatic carbocycles. The maximum absolute atomic E-state index is 12.5. The van der Waals surface area contributed by atoms with Gasteiger partial charge in [0.25, 0.3) is 11.8 Å². The van der Waals surface area contributed by atoms with E-state index >= 15 is 0 Å². The highest BCUT2D eigenvalue weighted by Gasteiger charge is 2.35. The second kappa shape index (κ2) is 7.41. The number of amides is 2. The van der Waals surface area contributed by atoms with E-state index in [-0.39, 0.29) is 17.9 Å². The lowest BCUT2D eigenvalue weighted by molar-refractivity contribution is -0.127. The van der Waals surface area contributed by atoms with E-state index in [4.69, 9.17) is 15.2 Å². The van der Waals surface area contributed by atoms with Crippen molar-refractivity contribution >= 4 is 23.2 Å². The van der Waals surface area contributed by atoms with Crippen LogP contribution < -0.4 is 16.0 Å². The number of carbonyl (C=O) groups excluding carboxylic acids is 2. The molecule has 2 saturated heterocycles. The molecule has 3 atom stereocenters. The first-order valence-electron chi connectivity index (χ1n) is 8.68. The van der Waals surface area contributed by atoms with Gasteiger partial charge in [-0.1, -0.05) is 6.92 Å². The van der Waals surface area contributed by atoms with Crippen molar-refractivity contribution in [3.8, 4) is 0 Å². The van der Waals surface area contributed by atoms with Crippen LogP contribution in [0.4, 0.5) is 11.4 Å². The van der Waals surface area contributed by atoms with Crippen LogP contribution in [0.5, 0.6) is 0 Å². The molecule has 1 aromatic carbocycles. The van der Waals surface area contributed by atoms with Crippen molar-refractivity contribution in [3.05, 3.63) is 23.8 Å². The Labute approximate surface area is 147 Å². The topological polar surface area (TPSA) is 93.9 Å². The number of anilines is 2. The van der Waals surface area contributed by atoms with E-state index in [1.54, 1.807) is 12.1 Å². The minimum absolute atomic E-state index is 0.0602. The van der Waals surface area contributed by atoms with Crippen LogP contribution in [0, 0.1) is 5.92 Å². The third-order valence-electron chi connectivity index (χ3n) is 4.76. The molecular weight excluding hydrogens is 322 g/mol. The van der Waals surface area contributed by atoms with Crippen LogP contribution in [0.1, 0.15) is 30.6 Å². The van der Waals surface area contributed by atoms with Crippen molar-refractivity contribution in [1.29, 1.82) is 0 Å². The number of nitrogens with one attached hydrogen (secondary N) is 1. The molecule has 7 heteroatoms. The number of nitrogens with zero attached hydrogens (tertiary/aromatic N) is 1. The van der Waals surface area contributed by atoms with Gasteiger partial charge in [-0.05, 0) is 37.5 Å². The van der Waals surface area contributed by atoms with Gasteiger partial charge in [-0.2, -0.15) is 0 Å². The average Bonchev–Trinajstić information content (AvgIpc) is 2.94. The fourth-order valence-corrected chi connectivity index (χ4v) is 3.47. The molecule has 2 aliphatic rings. The summed E-state index contributed by atoms with van der Waals surface area (Å²) < 4.78 is 11.0. The minimum atomic E-state index is -0.570. The molecule has 7 nitrogen and oxygen atoms in total. The number of hydrogen-bond donors (Lipinski definition) is 2. The molecule has 0 saturated carbocycles. The highest BCUT2D eigenvalue weighted by molar-refractivity contribution is 6.04. The molecule has 3 rings (SSSR count). The molecule has 0 spiro atoms. The van der Waals surface area contributed by atoms with Gasteiger partial charge in [0.1, 0.15) is 6.10 Å². The number of morpholine rings is 1. The number of benzene rings is 1. The van der Waals surface area contributed by atoms with Crippen molar-refractivity contribution in [2.75, 3.05) is 36.5 Å². The zero-order valence-corrected chi connectivity index (χ0v) is 14.7. The van der Waals surface area contributed by atoms with Gasteiger partial charge in [-0.3, -0.25) is 9.59 Å². The Balaban J connectivity index is 1.78. The average molecular weight is 347 g/mol. The molecule has 2 aliphatic heterocycles. The number of carbonyl (C=O) groups is 2. The van der Waals surface area contributed by atoms with Crippen LogP contribution in [-0.2, 0) is 14.3 Å². The van der Waals surface area contributed by atoms with Crippen molar-refractivity contribution in [1.82, 2.24) is 0 Å². The van der Waals surface area contributed by atoms with E-state index in [1.807, 2.05) is 19.9 Å². The first-order chi connectivity index (χ1) is 12.0. The van der Waals surface area contributed by atoms with Gasteiger partial charge >= 0.3 is 0 Å². The highest BCUT2D eigenvalue weighted by atomic mass is 16.5. The summed E-state index contributed by atoms with van der Waals surface area (Å²) in [5.74, 6) is -0.669. The van der Waals surface area contributed by atoms with Crippen LogP contribution in [-0.4, -0.2) is 50.3 Å². The van der Waals surface area contributed by atoms with Crippen molar-refractivity contribution in [2.45, 2.75) is 32.5 Å². The molecule has 0 aromatic heterocycles.